The zero-order chi connectivity index (χ0) is 19.8. The number of carbonyl (C=O) groups is 4. The summed E-state index contributed by atoms with van der Waals surface area (Å²) in [5, 5.41) is 19.1. The van der Waals surface area contributed by atoms with E-state index < -0.39 is 30.0 Å². The first-order chi connectivity index (χ1) is 12.9. The van der Waals surface area contributed by atoms with E-state index in [1.54, 1.807) is 0 Å². The molecule has 6 N–H and O–H groups in total. The van der Waals surface area contributed by atoms with Crippen LogP contribution in [0.2, 0.25) is 0 Å². The van der Waals surface area contributed by atoms with Crippen LogP contribution >= 0.6 is 0 Å². The van der Waals surface area contributed by atoms with Crippen LogP contribution < -0.4 is 21.7 Å². The van der Waals surface area contributed by atoms with E-state index in [9.17, 15) is 29.4 Å². The number of benzene rings is 2. The minimum absolute atomic E-state index is 0.0582. The molecule has 4 amide bonds. The Labute approximate surface area is 153 Å². The van der Waals surface area contributed by atoms with Crippen LogP contribution in [0.3, 0.4) is 0 Å². The number of hydrogen-bond acceptors (Lipinski definition) is 6. The Bertz CT molecular complexity index is 812. The van der Waals surface area contributed by atoms with Crippen molar-refractivity contribution >= 4 is 23.6 Å². The summed E-state index contributed by atoms with van der Waals surface area (Å²) in [4.78, 5) is 46.9. The molecule has 0 bridgehead atoms. The van der Waals surface area contributed by atoms with Crippen LogP contribution in [0.25, 0.3) is 0 Å². The summed E-state index contributed by atoms with van der Waals surface area (Å²) in [6, 6.07) is 11.4. The number of phenolic OH excluding ortho intramolecular Hbond substituents is 2. The van der Waals surface area contributed by atoms with E-state index in [0.29, 0.717) is 0 Å². The van der Waals surface area contributed by atoms with Crippen LogP contribution in [0.15, 0.2) is 48.5 Å². The maximum atomic E-state index is 11.8. The van der Waals surface area contributed by atoms with Crippen molar-refractivity contribution in [2.45, 2.75) is 6.42 Å². The fourth-order valence-corrected chi connectivity index (χ4v) is 1.95. The van der Waals surface area contributed by atoms with Crippen LogP contribution in [0.1, 0.15) is 27.1 Å². The predicted molar refractivity (Wildman–Crippen MR) is 92.0 cm³/mol. The van der Waals surface area contributed by atoms with Crippen LogP contribution in [-0.4, -0.2) is 33.8 Å². The van der Waals surface area contributed by atoms with Gasteiger partial charge in [-0.2, -0.15) is 0 Å². The summed E-state index contributed by atoms with van der Waals surface area (Å²) in [5.41, 5.74) is 7.98. The van der Waals surface area contributed by atoms with Gasteiger partial charge >= 0.3 is 0 Å². The second-order valence-corrected chi connectivity index (χ2v) is 5.22. The zero-order valence-electron chi connectivity index (χ0n) is 13.9. The fourth-order valence-electron chi connectivity index (χ4n) is 1.95. The fraction of sp³-hybridized carbons (Fsp3) is 0.0588. The molecule has 0 unspecified atom stereocenters. The number of carbonyl (C=O) groups excluding carboxylic acids is 4. The largest absolute Gasteiger partial charge is 0.507 e. The maximum absolute atomic E-state index is 11.8. The lowest BCUT2D eigenvalue weighted by Gasteiger charge is -2.10. The summed E-state index contributed by atoms with van der Waals surface area (Å²) in [6.07, 6.45) is -0.692. The van der Waals surface area contributed by atoms with Crippen molar-refractivity contribution in [2.75, 3.05) is 0 Å². The number of hydrogen-bond donors (Lipinski definition) is 6. The molecule has 2 rings (SSSR count). The highest BCUT2D eigenvalue weighted by Gasteiger charge is 2.15. The predicted octanol–water partition coefficient (Wildman–Crippen LogP) is -0.290. The third-order valence-electron chi connectivity index (χ3n) is 3.25. The summed E-state index contributed by atoms with van der Waals surface area (Å²) in [6.45, 7) is 0. The summed E-state index contributed by atoms with van der Waals surface area (Å²) in [7, 11) is 0. The van der Waals surface area contributed by atoms with Gasteiger partial charge in [-0.05, 0) is 24.3 Å². The molecule has 0 aliphatic rings. The SMILES string of the molecule is O=C(CC(=O)NNC(=O)c1ccccc1O)NNC(=O)c1ccccc1O. The van der Waals surface area contributed by atoms with Crippen molar-refractivity contribution in [2.24, 2.45) is 0 Å². The van der Waals surface area contributed by atoms with Gasteiger partial charge in [0.05, 0.1) is 11.1 Å². The average molecular weight is 372 g/mol. The maximum Gasteiger partial charge on any atom is 0.273 e. The van der Waals surface area contributed by atoms with Gasteiger partial charge in [0.2, 0.25) is 11.8 Å². The molecule has 10 heteroatoms. The number of aromatic hydroxyl groups is 2. The third kappa shape index (κ3) is 5.46. The molecule has 0 saturated carbocycles. The minimum atomic E-state index is -0.854. The van der Waals surface area contributed by atoms with Gasteiger partial charge < -0.3 is 10.2 Å². The standard InChI is InChI=1S/C17H16N4O6/c22-12-7-3-1-5-10(12)16(26)20-18-14(24)9-15(25)19-21-17(27)11-6-2-4-8-13(11)23/h1-8,22-23H,9H2,(H,18,24)(H,19,25)(H,20,26)(H,21,27). The molecule has 0 fully saturated rings. The van der Waals surface area contributed by atoms with Gasteiger partial charge in [-0.1, -0.05) is 24.3 Å². The number of amides is 4. The molecule has 0 heterocycles. The number of phenols is 2. The molecular formula is C17H16N4O6. The van der Waals surface area contributed by atoms with Gasteiger partial charge in [0, 0.05) is 0 Å². The Morgan fingerprint density at radius 2 is 1.00 bits per heavy atom. The molecule has 140 valence electrons. The highest BCUT2D eigenvalue weighted by molar-refractivity contribution is 6.02. The lowest BCUT2D eigenvalue weighted by molar-refractivity contribution is -0.130. The Kier molecular flexibility index (Phi) is 6.31. The first-order valence-corrected chi connectivity index (χ1v) is 7.63. The van der Waals surface area contributed by atoms with Gasteiger partial charge in [-0.15, -0.1) is 0 Å². The minimum Gasteiger partial charge on any atom is -0.507 e. The topological polar surface area (TPSA) is 157 Å². The molecule has 0 atom stereocenters. The Morgan fingerprint density at radius 1 is 0.630 bits per heavy atom. The molecular weight excluding hydrogens is 356 g/mol. The highest BCUT2D eigenvalue weighted by atomic mass is 16.3. The normalized spacial score (nSPS) is 9.78. The summed E-state index contributed by atoms with van der Waals surface area (Å²) >= 11 is 0. The van der Waals surface area contributed by atoms with E-state index >= 15 is 0 Å². The van der Waals surface area contributed by atoms with Gasteiger partial charge in [0.15, 0.2) is 0 Å². The molecule has 10 nitrogen and oxygen atoms in total. The Hall–Kier alpha value is -4.08. The molecule has 27 heavy (non-hydrogen) atoms. The first kappa shape index (κ1) is 19.2. The van der Waals surface area contributed by atoms with Crippen molar-refractivity contribution in [1.82, 2.24) is 21.7 Å². The van der Waals surface area contributed by atoms with Crippen molar-refractivity contribution in [3.05, 3.63) is 59.7 Å². The Balaban J connectivity index is 1.76. The van der Waals surface area contributed by atoms with Crippen molar-refractivity contribution in [1.29, 1.82) is 0 Å². The number of hydrazine groups is 2. The molecule has 0 saturated heterocycles. The lowest BCUT2D eigenvalue weighted by Crippen LogP contribution is -2.46. The van der Waals surface area contributed by atoms with Crippen LogP contribution in [0.4, 0.5) is 0 Å². The molecule has 0 aromatic heterocycles. The van der Waals surface area contributed by atoms with Gasteiger partial charge in [0.25, 0.3) is 11.8 Å². The molecule has 0 aliphatic carbocycles. The van der Waals surface area contributed by atoms with E-state index in [1.165, 1.54) is 48.5 Å². The lowest BCUT2D eigenvalue weighted by atomic mass is 10.2. The second kappa shape index (κ2) is 8.85. The average Bonchev–Trinajstić information content (AvgIpc) is 2.65. The van der Waals surface area contributed by atoms with E-state index in [1.807, 2.05) is 21.7 Å². The molecule has 2 aromatic rings. The van der Waals surface area contributed by atoms with Crippen molar-refractivity contribution < 1.29 is 29.4 Å². The van der Waals surface area contributed by atoms with E-state index in [2.05, 4.69) is 0 Å². The van der Waals surface area contributed by atoms with Crippen molar-refractivity contribution in [3.8, 4) is 11.5 Å². The quantitative estimate of drug-likeness (QED) is 0.320. The highest BCUT2D eigenvalue weighted by Crippen LogP contribution is 2.15. The number of nitrogens with one attached hydrogen (secondary N) is 4. The molecule has 0 radical (unpaired) electrons. The van der Waals surface area contributed by atoms with E-state index in [4.69, 9.17) is 0 Å². The molecule has 0 spiro atoms. The van der Waals surface area contributed by atoms with Crippen LogP contribution in [0, 0.1) is 0 Å². The van der Waals surface area contributed by atoms with Gasteiger partial charge in [0.1, 0.15) is 17.9 Å². The monoisotopic (exact) mass is 372 g/mol. The summed E-state index contributed by atoms with van der Waals surface area (Å²) in [5.74, 6) is -3.78. The first-order valence-electron chi connectivity index (χ1n) is 7.63. The van der Waals surface area contributed by atoms with E-state index in [-0.39, 0.29) is 22.6 Å². The number of rotatable bonds is 4. The summed E-state index contributed by atoms with van der Waals surface area (Å²) < 4.78 is 0. The molecule has 2 aromatic carbocycles. The van der Waals surface area contributed by atoms with Crippen molar-refractivity contribution in [3.63, 3.8) is 0 Å². The Morgan fingerprint density at radius 3 is 1.37 bits per heavy atom. The van der Waals surface area contributed by atoms with E-state index in [0.717, 1.165) is 0 Å². The van der Waals surface area contributed by atoms with Crippen LogP contribution in [-0.2, 0) is 9.59 Å². The smallest absolute Gasteiger partial charge is 0.273 e. The van der Waals surface area contributed by atoms with Gasteiger partial charge in [-0.3, -0.25) is 40.9 Å². The van der Waals surface area contributed by atoms with Crippen LogP contribution in [0.5, 0.6) is 11.5 Å². The van der Waals surface area contributed by atoms with Gasteiger partial charge in [-0.25, -0.2) is 0 Å². The third-order valence-corrected chi connectivity index (χ3v) is 3.25. The zero-order valence-corrected chi connectivity index (χ0v) is 13.9. The molecule has 0 aliphatic heterocycles. The second-order valence-electron chi connectivity index (χ2n) is 5.22. The number of para-hydroxylation sites is 2.